The number of rotatable bonds is 9. The van der Waals surface area contributed by atoms with Crippen molar-refractivity contribution in [3.05, 3.63) is 48.5 Å². The van der Waals surface area contributed by atoms with E-state index in [1.54, 1.807) is 60.4 Å². The minimum absolute atomic E-state index is 0.132. The average Bonchev–Trinajstić information content (AvgIpc) is 3.19. The van der Waals surface area contributed by atoms with Crippen LogP contribution in [-0.4, -0.2) is 56.4 Å². The van der Waals surface area contributed by atoms with Crippen molar-refractivity contribution in [3.8, 4) is 5.75 Å². The molecule has 31 heavy (non-hydrogen) atoms. The van der Waals surface area contributed by atoms with E-state index in [9.17, 15) is 14.4 Å². The van der Waals surface area contributed by atoms with Gasteiger partial charge in [-0.05, 0) is 62.0 Å². The van der Waals surface area contributed by atoms with Gasteiger partial charge in [0, 0.05) is 43.0 Å². The predicted molar refractivity (Wildman–Crippen MR) is 120 cm³/mol. The first-order valence-electron chi connectivity index (χ1n) is 10.3. The third-order valence-electron chi connectivity index (χ3n) is 5.04. The van der Waals surface area contributed by atoms with Crippen molar-refractivity contribution in [2.45, 2.75) is 19.3 Å². The fourth-order valence-corrected chi connectivity index (χ4v) is 3.36. The van der Waals surface area contributed by atoms with E-state index < -0.39 is 0 Å². The molecule has 2 N–H and O–H groups in total. The van der Waals surface area contributed by atoms with Crippen molar-refractivity contribution < 1.29 is 19.1 Å². The number of nitrogens with one attached hydrogen (secondary N) is 2. The van der Waals surface area contributed by atoms with E-state index in [-0.39, 0.29) is 30.7 Å². The summed E-state index contributed by atoms with van der Waals surface area (Å²) in [6.07, 6.45) is 1.73. The number of hydrogen-bond acceptors (Lipinski definition) is 5. The van der Waals surface area contributed by atoms with Crippen molar-refractivity contribution >= 4 is 34.8 Å². The lowest BCUT2D eigenvalue weighted by Gasteiger charge is -2.17. The Morgan fingerprint density at radius 1 is 1.00 bits per heavy atom. The van der Waals surface area contributed by atoms with Gasteiger partial charge in [-0.2, -0.15) is 0 Å². The number of benzene rings is 2. The fraction of sp³-hybridized carbons (Fsp3) is 0.348. The standard InChI is InChI=1S/C23H28N4O4/c1-26(16-22(29)25-18-7-11-20(31-2)12-8-18)15-13-21(28)24-17-5-9-19(10-6-17)27-14-3-4-23(27)30/h5-12H,3-4,13-16H2,1-2H3,(H,24,28)(H,25,29). The molecule has 0 unspecified atom stereocenters. The second kappa shape index (κ2) is 10.6. The van der Waals surface area contributed by atoms with Crippen molar-refractivity contribution in [2.75, 3.05) is 49.3 Å². The molecule has 164 valence electrons. The highest BCUT2D eigenvalue weighted by molar-refractivity contribution is 5.96. The summed E-state index contributed by atoms with van der Waals surface area (Å²) in [5, 5.41) is 5.67. The Balaban J connectivity index is 1.39. The number of anilines is 3. The fourth-order valence-electron chi connectivity index (χ4n) is 3.36. The van der Waals surface area contributed by atoms with Crippen LogP contribution in [0, 0.1) is 0 Å². The van der Waals surface area contributed by atoms with E-state index in [4.69, 9.17) is 4.74 Å². The van der Waals surface area contributed by atoms with Crippen LogP contribution in [0.15, 0.2) is 48.5 Å². The van der Waals surface area contributed by atoms with Crippen LogP contribution in [0.3, 0.4) is 0 Å². The van der Waals surface area contributed by atoms with Gasteiger partial charge >= 0.3 is 0 Å². The van der Waals surface area contributed by atoms with Gasteiger partial charge in [0.1, 0.15) is 5.75 Å². The first kappa shape index (κ1) is 22.3. The summed E-state index contributed by atoms with van der Waals surface area (Å²) in [4.78, 5) is 39.8. The highest BCUT2D eigenvalue weighted by Crippen LogP contribution is 2.23. The number of carbonyl (C=O) groups is 3. The average molecular weight is 425 g/mol. The zero-order chi connectivity index (χ0) is 22.2. The monoisotopic (exact) mass is 424 g/mol. The van der Waals surface area contributed by atoms with Gasteiger partial charge in [0.05, 0.1) is 13.7 Å². The molecular weight excluding hydrogens is 396 g/mol. The Kier molecular flexibility index (Phi) is 7.61. The molecule has 0 radical (unpaired) electrons. The van der Waals surface area contributed by atoms with Crippen molar-refractivity contribution in [1.29, 1.82) is 0 Å². The first-order chi connectivity index (χ1) is 14.9. The van der Waals surface area contributed by atoms with Crippen LogP contribution in [0.25, 0.3) is 0 Å². The smallest absolute Gasteiger partial charge is 0.238 e. The van der Waals surface area contributed by atoms with E-state index in [0.717, 1.165) is 24.4 Å². The molecule has 1 heterocycles. The van der Waals surface area contributed by atoms with E-state index in [1.165, 1.54) is 0 Å². The summed E-state index contributed by atoms with van der Waals surface area (Å²) in [5.74, 6) is 0.573. The molecule has 0 atom stereocenters. The number of methoxy groups -OCH3 is 1. The van der Waals surface area contributed by atoms with E-state index >= 15 is 0 Å². The summed E-state index contributed by atoms with van der Waals surface area (Å²) >= 11 is 0. The predicted octanol–water partition coefficient (Wildman–Crippen LogP) is 2.72. The second-order valence-electron chi connectivity index (χ2n) is 7.51. The Bertz CT molecular complexity index is 912. The lowest BCUT2D eigenvalue weighted by atomic mass is 10.2. The van der Waals surface area contributed by atoms with Crippen LogP contribution in [0.1, 0.15) is 19.3 Å². The number of hydrogen-bond donors (Lipinski definition) is 2. The first-order valence-corrected chi connectivity index (χ1v) is 10.3. The summed E-state index contributed by atoms with van der Waals surface area (Å²) in [6.45, 7) is 1.36. The maximum absolute atomic E-state index is 12.2. The maximum atomic E-state index is 12.2. The zero-order valence-electron chi connectivity index (χ0n) is 17.9. The van der Waals surface area contributed by atoms with Crippen molar-refractivity contribution in [3.63, 3.8) is 0 Å². The summed E-state index contributed by atoms with van der Waals surface area (Å²) < 4.78 is 5.09. The number of carbonyl (C=O) groups excluding carboxylic acids is 3. The molecule has 0 saturated carbocycles. The Hall–Kier alpha value is -3.39. The van der Waals surface area contributed by atoms with Crippen molar-refractivity contribution in [1.82, 2.24) is 4.90 Å². The largest absolute Gasteiger partial charge is 0.497 e. The minimum atomic E-state index is -0.153. The molecule has 3 rings (SSSR count). The Morgan fingerprint density at radius 3 is 2.19 bits per heavy atom. The van der Waals surface area contributed by atoms with Crippen LogP contribution < -0.4 is 20.3 Å². The Labute approximate surface area is 182 Å². The van der Waals surface area contributed by atoms with Crippen LogP contribution in [0.4, 0.5) is 17.1 Å². The second-order valence-corrected chi connectivity index (χ2v) is 7.51. The van der Waals surface area contributed by atoms with Gasteiger partial charge in [-0.15, -0.1) is 0 Å². The molecule has 1 fully saturated rings. The van der Waals surface area contributed by atoms with E-state index in [2.05, 4.69) is 10.6 Å². The summed E-state index contributed by atoms with van der Waals surface area (Å²) in [5.41, 5.74) is 2.22. The third-order valence-corrected chi connectivity index (χ3v) is 5.04. The normalized spacial score (nSPS) is 13.4. The molecule has 0 spiro atoms. The van der Waals surface area contributed by atoms with Gasteiger partial charge in [0.15, 0.2) is 0 Å². The van der Waals surface area contributed by atoms with Gasteiger partial charge in [-0.25, -0.2) is 0 Å². The lowest BCUT2D eigenvalue weighted by molar-refractivity contribution is -0.119. The van der Waals surface area contributed by atoms with E-state index in [0.29, 0.717) is 24.3 Å². The highest BCUT2D eigenvalue weighted by atomic mass is 16.5. The van der Waals surface area contributed by atoms with Gasteiger partial charge in [0.2, 0.25) is 17.7 Å². The molecule has 1 aliphatic heterocycles. The number of ether oxygens (including phenoxy) is 1. The summed E-state index contributed by atoms with van der Waals surface area (Å²) in [6, 6.07) is 14.4. The number of likely N-dealkylation sites (N-methyl/N-ethyl adjacent to an activating group) is 1. The quantitative estimate of drug-likeness (QED) is 0.646. The van der Waals surface area contributed by atoms with Gasteiger partial charge < -0.3 is 20.3 Å². The molecule has 8 heteroatoms. The van der Waals surface area contributed by atoms with Gasteiger partial charge in [-0.3, -0.25) is 19.3 Å². The van der Waals surface area contributed by atoms with Crippen LogP contribution in [-0.2, 0) is 14.4 Å². The van der Waals surface area contributed by atoms with Crippen LogP contribution >= 0.6 is 0 Å². The molecule has 0 bridgehead atoms. The molecular formula is C23H28N4O4. The zero-order valence-corrected chi connectivity index (χ0v) is 17.9. The highest BCUT2D eigenvalue weighted by Gasteiger charge is 2.21. The molecule has 1 aliphatic rings. The SMILES string of the molecule is COc1ccc(NC(=O)CN(C)CCC(=O)Nc2ccc(N3CCCC3=O)cc2)cc1. The van der Waals surface area contributed by atoms with Crippen molar-refractivity contribution in [2.24, 2.45) is 0 Å². The number of amides is 3. The molecule has 2 aromatic rings. The van der Waals surface area contributed by atoms with Crippen LogP contribution in [0.5, 0.6) is 5.75 Å². The van der Waals surface area contributed by atoms with Gasteiger partial charge in [-0.1, -0.05) is 0 Å². The lowest BCUT2D eigenvalue weighted by Crippen LogP contribution is -2.32. The molecule has 0 aromatic heterocycles. The Morgan fingerprint density at radius 2 is 1.61 bits per heavy atom. The minimum Gasteiger partial charge on any atom is -0.497 e. The molecule has 3 amide bonds. The molecule has 8 nitrogen and oxygen atoms in total. The topological polar surface area (TPSA) is 91.0 Å². The molecule has 0 aliphatic carbocycles. The van der Waals surface area contributed by atoms with Crippen LogP contribution in [0.2, 0.25) is 0 Å². The molecule has 1 saturated heterocycles. The summed E-state index contributed by atoms with van der Waals surface area (Å²) in [7, 11) is 3.38. The third kappa shape index (κ3) is 6.55. The van der Waals surface area contributed by atoms with Gasteiger partial charge in [0.25, 0.3) is 0 Å². The van der Waals surface area contributed by atoms with E-state index in [1.807, 2.05) is 12.1 Å². The number of nitrogens with zero attached hydrogens (tertiary/aromatic N) is 2. The maximum Gasteiger partial charge on any atom is 0.238 e. The molecule has 2 aromatic carbocycles.